The molecule has 4 rings (SSSR count). The van der Waals surface area contributed by atoms with Crippen molar-refractivity contribution in [3.05, 3.63) is 46.3 Å². The molecule has 1 aromatic carbocycles. The number of carbonyl (C=O) groups is 1. The minimum atomic E-state index is -4.99. The average Bonchev–Trinajstić information content (AvgIpc) is 3.26. The fourth-order valence-corrected chi connectivity index (χ4v) is 7.13. The maximum Gasteiger partial charge on any atom is 0.413 e. The minimum absolute atomic E-state index is 0.0754. The van der Waals surface area contributed by atoms with E-state index in [1.165, 1.54) is 6.20 Å². The normalized spacial score (nSPS) is 17.5. The summed E-state index contributed by atoms with van der Waals surface area (Å²) in [5.74, 6) is -3.57. The van der Waals surface area contributed by atoms with Crippen molar-refractivity contribution >= 4 is 48.8 Å². The van der Waals surface area contributed by atoms with Crippen LogP contribution in [0, 0.1) is 18.7 Å². The summed E-state index contributed by atoms with van der Waals surface area (Å²) < 4.78 is 114. The topological polar surface area (TPSA) is 101 Å². The quantitative estimate of drug-likeness (QED) is 0.320. The summed E-state index contributed by atoms with van der Waals surface area (Å²) in [5, 5.41) is 3.16. The van der Waals surface area contributed by atoms with Crippen molar-refractivity contribution < 1.29 is 44.3 Å². The number of amides is 1. The predicted molar refractivity (Wildman–Crippen MR) is 141 cm³/mol. The van der Waals surface area contributed by atoms with Crippen LogP contribution in [0.1, 0.15) is 41.1 Å². The third-order valence-electron chi connectivity index (χ3n) is 6.87. The van der Waals surface area contributed by atoms with E-state index in [-0.39, 0.29) is 46.8 Å². The van der Waals surface area contributed by atoms with E-state index < -0.39 is 57.8 Å². The summed E-state index contributed by atoms with van der Waals surface area (Å²) in [7, 11) is -1.34. The van der Waals surface area contributed by atoms with Gasteiger partial charge in [0.2, 0.25) is 5.91 Å². The number of halogens is 6. The van der Waals surface area contributed by atoms with Crippen molar-refractivity contribution in [1.82, 2.24) is 14.9 Å². The lowest BCUT2D eigenvalue weighted by atomic mass is 9.98. The van der Waals surface area contributed by atoms with Crippen molar-refractivity contribution in [1.29, 1.82) is 0 Å². The maximum atomic E-state index is 15.3. The van der Waals surface area contributed by atoms with E-state index >= 15 is 4.39 Å². The molecule has 224 valence electrons. The van der Waals surface area contributed by atoms with Crippen molar-refractivity contribution in [2.75, 3.05) is 31.0 Å². The van der Waals surface area contributed by atoms with Gasteiger partial charge in [0.1, 0.15) is 32.1 Å². The highest BCUT2D eigenvalue weighted by Gasteiger charge is 2.47. The molecule has 1 aliphatic rings. The van der Waals surface area contributed by atoms with Crippen LogP contribution in [0.25, 0.3) is 10.3 Å². The van der Waals surface area contributed by atoms with Crippen LogP contribution in [0.5, 0.6) is 0 Å². The first-order chi connectivity index (χ1) is 19.1. The molecule has 8 nitrogen and oxygen atoms in total. The van der Waals surface area contributed by atoms with Crippen LogP contribution in [0.15, 0.2) is 24.4 Å². The van der Waals surface area contributed by atoms with Gasteiger partial charge in [-0.05, 0) is 37.5 Å². The molecular formula is C25H26F6N4O4S2. The summed E-state index contributed by atoms with van der Waals surface area (Å²) in [6.07, 6.45) is -8.74. The second-order valence-electron chi connectivity index (χ2n) is 9.65. The molecule has 2 aromatic heterocycles. The van der Waals surface area contributed by atoms with Crippen LogP contribution in [0.4, 0.5) is 37.7 Å². The Morgan fingerprint density at radius 1 is 1.20 bits per heavy atom. The second-order valence-corrected chi connectivity index (χ2v) is 13.1. The van der Waals surface area contributed by atoms with E-state index in [9.17, 15) is 35.2 Å². The van der Waals surface area contributed by atoms with Gasteiger partial charge in [-0.3, -0.25) is 4.79 Å². The minimum Gasteiger partial charge on any atom is -0.371 e. The largest absolute Gasteiger partial charge is 0.413 e. The summed E-state index contributed by atoms with van der Waals surface area (Å²) in [4.78, 5) is 22.1. The van der Waals surface area contributed by atoms with Gasteiger partial charge in [0.05, 0.1) is 34.1 Å². The molecule has 0 saturated carbocycles. The van der Waals surface area contributed by atoms with E-state index in [0.717, 1.165) is 37.6 Å². The number of benzene rings is 1. The Balaban J connectivity index is 1.66. The van der Waals surface area contributed by atoms with E-state index in [1.807, 2.05) is 0 Å². The number of rotatable bonds is 8. The number of nitrogens with zero attached hydrogens (tertiary/aromatic N) is 3. The fraction of sp³-hybridized carbons (Fsp3) is 0.480. The van der Waals surface area contributed by atoms with Crippen LogP contribution in [0.2, 0.25) is 0 Å². The molecule has 41 heavy (non-hydrogen) atoms. The maximum absolute atomic E-state index is 15.3. The Labute approximate surface area is 235 Å². The first kappa shape index (κ1) is 31.0. The molecule has 1 aliphatic heterocycles. The molecule has 3 aromatic rings. The van der Waals surface area contributed by atoms with Crippen LogP contribution >= 0.6 is 11.3 Å². The molecule has 3 heterocycles. The van der Waals surface area contributed by atoms with E-state index in [0.29, 0.717) is 20.8 Å². The SMILES string of the molecule is COC(c1c(Nc2ccc([C@H](N(C)C(=O)C3CCS(=O)(=O)CC3)C(F)(F)F)cc2F)cnc2sc(C)nc12)C(F)F. The molecule has 0 radical (unpaired) electrons. The third kappa shape index (κ3) is 6.59. The molecule has 1 N–H and O–H groups in total. The predicted octanol–water partition coefficient (Wildman–Crippen LogP) is 5.72. The molecule has 1 amide bonds. The summed E-state index contributed by atoms with van der Waals surface area (Å²) in [6, 6.07) is 0.0625. The number of aryl methyl sites for hydroxylation is 1. The first-order valence-corrected chi connectivity index (χ1v) is 14.9. The summed E-state index contributed by atoms with van der Waals surface area (Å²) >= 11 is 1.15. The second kappa shape index (κ2) is 11.7. The van der Waals surface area contributed by atoms with Gasteiger partial charge in [-0.15, -0.1) is 0 Å². The van der Waals surface area contributed by atoms with Gasteiger partial charge < -0.3 is 15.0 Å². The van der Waals surface area contributed by atoms with Gasteiger partial charge in [-0.25, -0.2) is 31.6 Å². The van der Waals surface area contributed by atoms with Gasteiger partial charge in [-0.1, -0.05) is 17.4 Å². The molecular weight excluding hydrogens is 598 g/mol. The Morgan fingerprint density at radius 3 is 2.41 bits per heavy atom. The molecule has 0 aliphatic carbocycles. The van der Waals surface area contributed by atoms with Crippen LogP contribution < -0.4 is 5.32 Å². The summed E-state index contributed by atoms with van der Waals surface area (Å²) in [6.45, 7) is 1.65. The van der Waals surface area contributed by atoms with Crippen molar-refractivity contribution in [2.45, 2.75) is 44.5 Å². The smallest absolute Gasteiger partial charge is 0.371 e. The Kier molecular flexibility index (Phi) is 8.85. The number of ether oxygens (including phenoxy) is 1. The highest BCUT2D eigenvalue weighted by molar-refractivity contribution is 7.91. The van der Waals surface area contributed by atoms with E-state index in [4.69, 9.17) is 4.74 Å². The number of anilines is 2. The molecule has 0 bridgehead atoms. The number of aromatic nitrogens is 2. The van der Waals surface area contributed by atoms with Gasteiger partial charge in [0.25, 0.3) is 6.43 Å². The zero-order valence-electron chi connectivity index (χ0n) is 22.0. The van der Waals surface area contributed by atoms with Gasteiger partial charge >= 0.3 is 6.18 Å². The number of alkyl halides is 5. The van der Waals surface area contributed by atoms with Gasteiger partial charge in [-0.2, -0.15) is 13.2 Å². The molecule has 1 fully saturated rings. The molecule has 16 heteroatoms. The Hall–Kier alpha value is -2.98. The van der Waals surface area contributed by atoms with E-state index in [2.05, 4.69) is 15.3 Å². The van der Waals surface area contributed by atoms with Crippen LogP contribution in [0.3, 0.4) is 0 Å². The van der Waals surface area contributed by atoms with Crippen molar-refractivity contribution in [2.24, 2.45) is 5.92 Å². The first-order valence-electron chi connectivity index (χ1n) is 12.3. The number of hydrogen-bond acceptors (Lipinski definition) is 8. The number of thiazole rings is 1. The van der Waals surface area contributed by atoms with Crippen LogP contribution in [-0.4, -0.2) is 67.5 Å². The monoisotopic (exact) mass is 624 g/mol. The number of carbonyl (C=O) groups excluding carboxylic acids is 1. The highest BCUT2D eigenvalue weighted by atomic mass is 32.2. The van der Waals surface area contributed by atoms with Crippen molar-refractivity contribution in [3.63, 3.8) is 0 Å². The highest BCUT2D eigenvalue weighted by Crippen LogP contribution is 2.41. The molecule has 0 spiro atoms. The average molecular weight is 625 g/mol. The lowest BCUT2D eigenvalue weighted by Crippen LogP contribution is -2.44. The third-order valence-corrected chi connectivity index (χ3v) is 9.46. The number of nitrogens with one attached hydrogen (secondary N) is 1. The number of fused-ring (bicyclic) bond motifs is 1. The van der Waals surface area contributed by atoms with E-state index in [1.54, 1.807) is 6.92 Å². The standard InChI is InChI=1S/C25H26F6N4O4S2/c1-12-33-19-18(20(39-3)22(27)28)17(11-32-23(19)40-12)34-16-5-4-14(10-15(16)26)21(25(29,30)31)35(2)24(36)13-6-8-41(37,38)9-7-13/h4-5,10-11,13,20-22,34H,6-9H2,1-3H3/t20?,21-/m0/s1. The summed E-state index contributed by atoms with van der Waals surface area (Å²) in [5.41, 5.74) is -0.956. The zero-order chi connectivity index (χ0) is 30.3. The van der Waals surface area contributed by atoms with Crippen LogP contribution in [-0.2, 0) is 19.4 Å². The number of sulfone groups is 1. The number of pyridine rings is 1. The number of methoxy groups -OCH3 is 1. The Morgan fingerprint density at radius 2 is 1.85 bits per heavy atom. The number of hydrogen-bond donors (Lipinski definition) is 1. The Bertz CT molecular complexity index is 1530. The van der Waals surface area contributed by atoms with Gasteiger partial charge in [0, 0.05) is 25.6 Å². The molecule has 1 saturated heterocycles. The lowest BCUT2D eigenvalue weighted by Gasteiger charge is -2.34. The molecule has 1 unspecified atom stereocenters. The zero-order valence-corrected chi connectivity index (χ0v) is 23.6. The van der Waals surface area contributed by atoms with Crippen molar-refractivity contribution in [3.8, 4) is 0 Å². The fourth-order valence-electron chi connectivity index (χ4n) is 4.87. The molecule has 2 atom stereocenters. The lowest BCUT2D eigenvalue weighted by molar-refractivity contribution is -0.190. The van der Waals surface area contributed by atoms with Gasteiger partial charge in [0.15, 0.2) is 6.04 Å².